The summed E-state index contributed by atoms with van der Waals surface area (Å²) < 4.78 is 10.5. The third-order valence-corrected chi connectivity index (χ3v) is 5.62. The van der Waals surface area contributed by atoms with Gasteiger partial charge in [0, 0.05) is 12.5 Å². The summed E-state index contributed by atoms with van der Waals surface area (Å²) >= 11 is 0. The number of methoxy groups -OCH3 is 1. The van der Waals surface area contributed by atoms with Crippen molar-refractivity contribution in [3.05, 3.63) is 0 Å². The van der Waals surface area contributed by atoms with Crippen LogP contribution in [0.25, 0.3) is 0 Å². The van der Waals surface area contributed by atoms with Crippen molar-refractivity contribution in [2.24, 2.45) is 22.5 Å². The average molecular weight is 255 g/mol. The zero-order chi connectivity index (χ0) is 13.6. The molecule has 0 aliphatic heterocycles. The van der Waals surface area contributed by atoms with Crippen LogP contribution < -0.4 is 5.73 Å². The zero-order valence-electron chi connectivity index (χ0n) is 11.9. The summed E-state index contributed by atoms with van der Waals surface area (Å²) in [4.78, 5) is 11.9. The molecule has 0 aromatic carbocycles. The minimum Gasteiger partial charge on any atom is -0.461 e. The molecule has 2 N–H and O–H groups in total. The fraction of sp³-hybridized carbons (Fsp3) is 0.929. The summed E-state index contributed by atoms with van der Waals surface area (Å²) in [5.41, 5.74) is 6.07. The van der Waals surface area contributed by atoms with E-state index in [2.05, 4.69) is 20.8 Å². The summed E-state index contributed by atoms with van der Waals surface area (Å²) in [6, 6.07) is -0.666. The Morgan fingerprint density at radius 3 is 2.56 bits per heavy atom. The Hall–Kier alpha value is -0.610. The first kappa shape index (κ1) is 13.8. The molecule has 2 saturated carbocycles. The van der Waals surface area contributed by atoms with E-state index in [0.29, 0.717) is 5.92 Å². The first-order valence-electron chi connectivity index (χ1n) is 6.78. The Bertz CT molecular complexity index is 342. The van der Waals surface area contributed by atoms with Crippen molar-refractivity contribution in [3.63, 3.8) is 0 Å². The van der Waals surface area contributed by atoms with E-state index >= 15 is 0 Å². The zero-order valence-corrected chi connectivity index (χ0v) is 11.9. The van der Waals surface area contributed by atoms with Gasteiger partial charge in [-0.25, -0.2) is 0 Å². The Morgan fingerprint density at radius 1 is 1.44 bits per heavy atom. The second-order valence-electron chi connectivity index (χ2n) is 6.60. The van der Waals surface area contributed by atoms with Gasteiger partial charge in [0.15, 0.2) is 0 Å². The monoisotopic (exact) mass is 255 g/mol. The standard InChI is InChI=1S/C14H25NO3/c1-13(2)9-5-6-14(13,3)11(7-9)18-12(16)10(15)8-17-4/h9-11H,5-8,15H2,1-4H3/t9?,10-,11?,14?/m0/s1. The molecule has 18 heavy (non-hydrogen) atoms. The highest BCUT2D eigenvalue weighted by Crippen LogP contribution is 2.66. The number of rotatable bonds is 4. The summed E-state index contributed by atoms with van der Waals surface area (Å²) in [6.07, 6.45) is 3.39. The molecule has 4 atom stereocenters. The van der Waals surface area contributed by atoms with Gasteiger partial charge in [-0.05, 0) is 30.6 Å². The van der Waals surface area contributed by atoms with Crippen molar-refractivity contribution in [1.29, 1.82) is 0 Å². The Kier molecular flexibility index (Phi) is 3.45. The maximum Gasteiger partial charge on any atom is 0.325 e. The van der Waals surface area contributed by atoms with Gasteiger partial charge in [0.1, 0.15) is 12.1 Å². The van der Waals surface area contributed by atoms with Gasteiger partial charge in [0.05, 0.1) is 6.61 Å². The van der Waals surface area contributed by atoms with Crippen molar-refractivity contribution in [3.8, 4) is 0 Å². The van der Waals surface area contributed by atoms with Crippen LogP contribution in [0.1, 0.15) is 40.0 Å². The van der Waals surface area contributed by atoms with Gasteiger partial charge in [0.25, 0.3) is 0 Å². The van der Waals surface area contributed by atoms with E-state index in [1.54, 1.807) is 0 Å². The summed E-state index contributed by atoms with van der Waals surface area (Å²) in [6.45, 7) is 7.07. The molecule has 0 heterocycles. The molecule has 4 nitrogen and oxygen atoms in total. The van der Waals surface area contributed by atoms with Crippen LogP contribution >= 0.6 is 0 Å². The third kappa shape index (κ3) is 1.86. The molecular formula is C14H25NO3. The highest BCUT2D eigenvalue weighted by Gasteiger charge is 2.62. The second-order valence-corrected chi connectivity index (χ2v) is 6.60. The lowest BCUT2D eigenvalue weighted by molar-refractivity contribution is -0.159. The molecule has 2 rings (SSSR count). The Balaban J connectivity index is 2.03. The van der Waals surface area contributed by atoms with Crippen LogP contribution in [0.5, 0.6) is 0 Å². The van der Waals surface area contributed by atoms with Crippen LogP contribution in [0, 0.1) is 16.7 Å². The topological polar surface area (TPSA) is 61.5 Å². The van der Waals surface area contributed by atoms with Crippen LogP contribution in [0.3, 0.4) is 0 Å². The molecule has 0 amide bonds. The van der Waals surface area contributed by atoms with Crippen LogP contribution in [0.15, 0.2) is 0 Å². The molecule has 0 radical (unpaired) electrons. The van der Waals surface area contributed by atoms with Crippen LogP contribution in [-0.2, 0) is 14.3 Å². The van der Waals surface area contributed by atoms with E-state index in [1.807, 2.05) is 0 Å². The number of carbonyl (C=O) groups is 1. The first-order valence-corrected chi connectivity index (χ1v) is 6.78. The maximum absolute atomic E-state index is 11.9. The molecule has 2 aliphatic rings. The van der Waals surface area contributed by atoms with Gasteiger partial charge in [0.2, 0.25) is 0 Å². The fourth-order valence-corrected chi connectivity index (χ4v) is 3.78. The molecule has 2 bridgehead atoms. The lowest BCUT2D eigenvalue weighted by Gasteiger charge is -2.38. The molecule has 2 fully saturated rings. The van der Waals surface area contributed by atoms with E-state index in [-0.39, 0.29) is 29.5 Å². The molecule has 0 saturated heterocycles. The highest BCUT2D eigenvalue weighted by atomic mass is 16.5. The van der Waals surface area contributed by atoms with Gasteiger partial charge in [-0.1, -0.05) is 20.8 Å². The average Bonchev–Trinajstić information content (AvgIpc) is 2.62. The van der Waals surface area contributed by atoms with Gasteiger partial charge in [-0.2, -0.15) is 0 Å². The van der Waals surface area contributed by atoms with Crippen LogP contribution in [0.2, 0.25) is 0 Å². The van der Waals surface area contributed by atoms with Gasteiger partial charge in [-0.3, -0.25) is 4.79 Å². The fourth-order valence-electron chi connectivity index (χ4n) is 3.78. The highest BCUT2D eigenvalue weighted by molar-refractivity contribution is 5.76. The molecule has 0 aromatic heterocycles. The van der Waals surface area contributed by atoms with Gasteiger partial charge >= 0.3 is 5.97 Å². The van der Waals surface area contributed by atoms with Crippen molar-refractivity contribution in [1.82, 2.24) is 0 Å². The lowest BCUT2D eigenvalue weighted by Crippen LogP contribution is -2.43. The number of hydrogen-bond acceptors (Lipinski definition) is 4. The molecule has 104 valence electrons. The van der Waals surface area contributed by atoms with Crippen molar-refractivity contribution >= 4 is 5.97 Å². The van der Waals surface area contributed by atoms with E-state index < -0.39 is 6.04 Å². The van der Waals surface area contributed by atoms with Crippen LogP contribution in [0.4, 0.5) is 0 Å². The Labute approximate surface area is 109 Å². The number of hydrogen-bond donors (Lipinski definition) is 1. The molecule has 3 unspecified atom stereocenters. The van der Waals surface area contributed by atoms with E-state index in [1.165, 1.54) is 13.5 Å². The molecule has 0 spiro atoms. The largest absolute Gasteiger partial charge is 0.461 e. The number of ether oxygens (including phenoxy) is 2. The maximum atomic E-state index is 11.9. The summed E-state index contributed by atoms with van der Waals surface area (Å²) in [5.74, 6) is 0.338. The van der Waals surface area contributed by atoms with Crippen molar-refractivity contribution in [2.75, 3.05) is 13.7 Å². The predicted octanol–water partition coefficient (Wildman–Crippen LogP) is 1.72. The molecular weight excluding hydrogens is 230 g/mol. The van der Waals surface area contributed by atoms with E-state index in [4.69, 9.17) is 15.2 Å². The third-order valence-electron chi connectivity index (χ3n) is 5.62. The second kappa shape index (κ2) is 4.49. The number of nitrogens with two attached hydrogens (primary N) is 1. The summed E-state index contributed by atoms with van der Waals surface area (Å²) in [7, 11) is 1.54. The number of fused-ring (bicyclic) bond motifs is 2. The van der Waals surface area contributed by atoms with Crippen molar-refractivity contribution < 1.29 is 14.3 Å². The minimum atomic E-state index is -0.666. The SMILES string of the molecule is COC[C@H](N)C(=O)OC1CC2CCC1(C)C2(C)C. The number of esters is 1. The molecule has 0 aromatic rings. The quantitative estimate of drug-likeness (QED) is 0.777. The van der Waals surface area contributed by atoms with Gasteiger partial charge < -0.3 is 15.2 Å². The molecule has 2 aliphatic carbocycles. The van der Waals surface area contributed by atoms with E-state index in [0.717, 1.165) is 12.8 Å². The smallest absolute Gasteiger partial charge is 0.325 e. The first-order chi connectivity index (χ1) is 8.33. The van der Waals surface area contributed by atoms with Gasteiger partial charge in [-0.15, -0.1) is 0 Å². The predicted molar refractivity (Wildman–Crippen MR) is 69.0 cm³/mol. The summed E-state index contributed by atoms with van der Waals surface area (Å²) in [5, 5.41) is 0. The minimum absolute atomic E-state index is 0.0154. The Morgan fingerprint density at radius 2 is 2.11 bits per heavy atom. The lowest BCUT2D eigenvalue weighted by atomic mass is 9.70. The van der Waals surface area contributed by atoms with Crippen LogP contribution in [-0.4, -0.2) is 31.8 Å². The number of carbonyl (C=O) groups excluding carboxylic acids is 1. The normalized spacial score (nSPS) is 38.7. The molecule has 4 heteroatoms. The van der Waals surface area contributed by atoms with E-state index in [9.17, 15) is 4.79 Å². The van der Waals surface area contributed by atoms with Crippen molar-refractivity contribution in [2.45, 2.75) is 52.2 Å².